The summed E-state index contributed by atoms with van der Waals surface area (Å²) in [7, 11) is 1.48. The number of ether oxygens (including phenoxy) is 2. The van der Waals surface area contributed by atoms with Gasteiger partial charge in [0.25, 0.3) is 11.6 Å². The number of nitrogens with zero attached hydrogens (tertiary/aromatic N) is 2. The van der Waals surface area contributed by atoms with Gasteiger partial charge in [0, 0.05) is 22.8 Å². The molecule has 0 aliphatic rings. The van der Waals surface area contributed by atoms with Crippen molar-refractivity contribution in [2.75, 3.05) is 12.4 Å². The Kier molecular flexibility index (Phi) is 8.68. The molecule has 0 heterocycles. The fraction of sp³-hybridized carbons (Fsp3) is 0.120. The van der Waals surface area contributed by atoms with Crippen LogP contribution >= 0.6 is 34.2 Å². The summed E-state index contributed by atoms with van der Waals surface area (Å²) in [4.78, 5) is 23.0. The number of halogens is 2. The van der Waals surface area contributed by atoms with Gasteiger partial charge in [-0.25, -0.2) is 0 Å². The van der Waals surface area contributed by atoms with Crippen LogP contribution in [0, 0.1) is 31.9 Å². The van der Waals surface area contributed by atoms with Crippen LogP contribution in [-0.2, 0) is 11.4 Å². The van der Waals surface area contributed by atoms with Crippen LogP contribution in [-0.4, -0.2) is 17.9 Å². The lowest BCUT2D eigenvalue weighted by atomic mass is 10.1. The van der Waals surface area contributed by atoms with Crippen molar-refractivity contribution in [1.82, 2.24) is 0 Å². The predicted molar refractivity (Wildman–Crippen MR) is 142 cm³/mol. The lowest BCUT2D eigenvalue weighted by molar-refractivity contribution is -0.384. The molecule has 0 atom stereocenters. The number of anilines is 1. The number of methoxy groups -OCH3 is 1. The van der Waals surface area contributed by atoms with Crippen LogP contribution in [0.25, 0.3) is 6.08 Å². The molecule has 0 aliphatic heterocycles. The lowest BCUT2D eigenvalue weighted by Gasteiger charge is -2.14. The Bertz CT molecular complexity index is 1350. The minimum absolute atomic E-state index is 0.0000856. The Balaban J connectivity index is 1.81. The van der Waals surface area contributed by atoms with Crippen LogP contribution in [0.15, 0.2) is 60.2 Å². The van der Waals surface area contributed by atoms with Crippen LogP contribution < -0.4 is 14.8 Å². The molecule has 0 unspecified atom stereocenters. The molecule has 8 nitrogen and oxygen atoms in total. The maximum Gasteiger partial charge on any atom is 0.269 e. The number of nitro groups is 1. The van der Waals surface area contributed by atoms with Gasteiger partial charge in [-0.1, -0.05) is 17.7 Å². The summed E-state index contributed by atoms with van der Waals surface area (Å²) in [6.07, 6.45) is 1.46. The zero-order chi connectivity index (χ0) is 25.5. The van der Waals surface area contributed by atoms with Crippen LogP contribution in [0.5, 0.6) is 11.5 Å². The van der Waals surface area contributed by atoms with Crippen LogP contribution in [0.1, 0.15) is 16.7 Å². The van der Waals surface area contributed by atoms with E-state index in [-0.39, 0.29) is 17.9 Å². The van der Waals surface area contributed by atoms with E-state index in [9.17, 15) is 20.2 Å². The molecular weight excluding hydrogens is 585 g/mol. The van der Waals surface area contributed by atoms with Gasteiger partial charge in [0.2, 0.25) is 0 Å². The normalized spacial score (nSPS) is 10.9. The molecule has 0 aromatic heterocycles. The first-order valence-corrected chi connectivity index (χ1v) is 11.6. The van der Waals surface area contributed by atoms with Crippen LogP contribution in [0.3, 0.4) is 0 Å². The molecule has 3 rings (SSSR count). The van der Waals surface area contributed by atoms with Crippen molar-refractivity contribution in [3.8, 4) is 17.6 Å². The third kappa shape index (κ3) is 6.49. The molecule has 1 amide bonds. The number of hydrogen-bond donors (Lipinski definition) is 1. The first-order valence-electron chi connectivity index (χ1n) is 10.2. The van der Waals surface area contributed by atoms with E-state index >= 15 is 0 Å². The molecule has 3 aromatic carbocycles. The molecule has 3 aromatic rings. The Hall–Kier alpha value is -3.62. The molecule has 0 bridgehead atoms. The van der Waals surface area contributed by atoms with Gasteiger partial charge in [-0.15, -0.1) is 0 Å². The highest BCUT2D eigenvalue weighted by Crippen LogP contribution is 2.35. The number of nitrogens with one attached hydrogen (secondary N) is 1. The van der Waals surface area contributed by atoms with Crippen molar-refractivity contribution in [3.05, 3.63) is 95.6 Å². The van der Waals surface area contributed by atoms with Crippen molar-refractivity contribution in [2.24, 2.45) is 0 Å². The second kappa shape index (κ2) is 11.7. The highest BCUT2D eigenvalue weighted by Gasteiger charge is 2.15. The van der Waals surface area contributed by atoms with Crippen LogP contribution in [0.4, 0.5) is 11.4 Å². The first-order chi connectivity index (χ1) is 16.7. The van der Waals surface area contributed by atoms with E-state index in [0.717, 1.165) is 5.56 Å². The second-order valence-electron chi connectivity index (χ2n) is 7.28. The maximum absolute atomic E-state index is 12.7. The zero-order valence-electron chi connectivity index (χ0n) is 18.7. The minimum atomic E-state index is -0.565. The van der Waals surface area contributed by atoms with E-state index in [2.05, 4.69) is 27.9 Å². The SMILES string of the molecule is COc1cc(/C=C(/C#N)C(=O)Nc2cccc(Cl)c2C)cc(I)c1OCc1ccc([N+](=O)[O-])cc1. The Labute approximate surface area is 220 Å². The van der Waals surface area contributed by atoms with E-state index in [0.29, 0.717) is 36.9 Å². The maximum atomic E-state index is 12.7. The van der Waals surface area contributed by atoms with Crippen molar-refractivity contribution >= 4 is 57.5 Å². The molecule has 0 fully saturated rings. The molecule has 0 saturated carbocycles. The molecule has 178 valence electrons. The van der Waals surface area contributed by atoms with E-state index < -0.39 is 10.8 Å². The third-order valence-corrected chi connectivity index (χ3v) is 6.18. The number of amides is 1. The summed E-state index contributed by atoms with van der Waals surface area (Å²) in [5.74, 6) is 0.319. The van der Waals surface area contributed by atoms with E-state index in [1.54, 1.807) is 49.4 Å². The number of hydrogen-bond acceptors (Lipinski definition) is 6. The standard InChI is InChI=1S/C25H19ClIN3O5/c1-15-20(26)4-3-5-22(15)29-25(31)18(13-28)10-17-11-21(27)24(23(12-17)34-2)35-14-16-6-8-19(9-7-16)30(32)33/h3-12H,14H2,1-2H3,(H,29,31)/b18-10-. The summed E-state index contributed by atoms with van der Waals surface area (Å²) < 4.78 is 12.1. The number of non-ortho nitro benzene ring substituents is 1. The van der Waals surface area contributed by atoms with Crippen LogP contribution in [0.2, 0.25) is 5.02 Å². The van der Waals surface area contributed by atoms with Gasteiger partial charge in [0.15, 0.2) is 11.5 Å². The van der Waals surface area contributed by atoms with Gasteiger partial charge in [0.05, 0.1) is 15.6 Å². The number of carbonyl (C=O) groups is 1. The molecule has 0 radical (unpaired) electrons. The third-order valence-electron chi connectivity index (χ3n) is 4.97. The molecular formula is C25H19ClIN3O5. The molecule has 1 N–H and O–H groups in total. The molecule has 0 saturated heterocycles. The van der Waals surface area contributed by atoms with E-state index in [1.807, 2.05) is 6.07 Å². The fourth-order valence-corrected chi connectivity index (χ4v) is 4.04. The summed E-state index contributed by atoms with van der Waals surface area (Å²) in [5, 5.41) is 23.6. The zero-order valence-corrected chi connectivity index (χ0v) is 21.6. The summed E-state index contributed by atoms with van der Waals surface area (Å²) in [6, 6.07) is 16.5. The second-order valence-corrected chi connectivity index (χ2v) is 8.85. The van der Waals surface area contributed by atoms with E-state index in [4.69, 9.17) is 21.1 Å². The topological polar surface area (TPSA) is 114 Å². The Morgan fingerprint density at radius 3 is 2.60 bits per heavy atom. The van der Waals surface area contributed by atoms with Crippen molar-refractivity contribution in [3.63, 3.8) is 0 Å². The predicted octanol–water partition coefficient (Wildman–Crippen LogP) is 6.29. The van der Waals surface area contributed by atoms with Gasteiger partial charge < -0.3 is 14.8 Å². The number of carbonyl (C=O) groups excluding carboxylic acids is 1. The monoisotopic (exact) mass is 603 g/mol. The summed E-state index contributed by atoms with van der Waals surface area (Å²) in [5.41, 5.74) is 2.44. The number of nitriles is 1. The fourth-order valence-electron chi connectivity index (χ4n) is 3.08. The number of nitro benzene ring substituents is 1. The summed E-state index contributed by atoms with van der Waals surface area (Å²) >= 11 is 8.18. The number of rotatable bonds is 8. The summed E-state index contributed by atoms with van der Waals surface area (Å²) in [6.45, 7) is 1.95. The first kappa shape index (κ1) is 26.0. The lowest BCUT2D eigenvalue weighted by Crippen LogP contribution is -2.14. The quantitative estimate of drug-likeness (QED) is 0.106. The van der Waals surface area contributed by atoms with Gasteiger partial charge in [0.1, 0.15) is 18.2 Å². The van der Waals surface area contributed by atoms with Crippen molar-refractivity contribution < 1.29 is 19.2 Å². The minimum Gasteiger partial charge on any atom is -0.493 e. The van der Waals surface area contributed by atoms with Gasteiger partial charge in [-0.05, 0) is 88.7 Å². The average molecular weight is 604 g/mol. The molecule has 10 heteroatoms. The highest BCUT2D eigenvalue weighted by molar-refractivity contribution is 14.1. The Morgan fingerprint density at radius 1 is 1.26 bits per heavy atom. The Morgan fingerprint density at radius 2 is 1.97 bits per heavy atom. The van der Waals surface area contributed by atoms with Gasteiger partial charge >= 0.3 is 0 Å². The highest BCUT2D eigenvalue weighted by atomic mass is 127. The van der Waals surface area contributed by atoms with Gasteiger partial charge in [-0.2, -0.15) is 5.26 Å². The largest absolute Gasteiger partial charge is 0.493 e. The number of benzene rings is 3. The van der Waals surface area contributed by atoms with Crippen molar-refractivity contribution in [1.29, 1.82) is 5.26 Å². The van der Waals surface area contributed by atoms with E-state index in [1.165, 1.54) is 25.3 Å². The van der Waals surface area contributed by atoms with Gasteiger partial charge in [-0.3, -0.25) is 14.9 Å². The molecule has 0 spiro atoms. The smallest absolute Gasteiger partial charge is 0.269 e. The van der Waals surface area contributed by atoms with Crippen molar-refractivity contribution in [2.45, 2.75) is 13.5 Å². The molecule has 35 heavy (non-hydrogen) atoms. The molecule has 0 aliphatic carbocycles. The average Bonchev–Trinajstić information content (AvgIpc) is 2.84.